The SMILES string of the molecule is N#Cc1ccc(CNCc2ccc(S(N)(=O)=O)cc2)cc1. The van der Waals surface area contributed by atoms with Gasteiger partial charge >= 0.3 is 0 Å². The van der Waals surface area contributed by atoms with Gasteiger partial charge in [-0.05, 0) is 35.4 Å². The Morgan fingerprint density at radius 1 is 0.952 bits per heavy atom. The van der Waals surface area contributed by atoms with Crippen LogP contribution in [0.1, 0.15) is 16.7 Å². The van der Waals surface area contributed by atoms with Gasteiger partial charge in [-0.3, -0.25) is 0 Å². The predicted molar refractivity (Wildman–Crippen MR) is 79.5 cm³/mol. The lowest BCUT2D eigenvalue weighted by Crippen LogP contribution is -2.14. The van der Waals surface area contributed by atoms with E-state index in [9.17, 15) is 8.42 Å². The molecule has 0 heterocycles. The van der Waals surface area contributed by atoms with E-state index in [4.69, 9.17) is 10.4 Å². The Morgan fingerprint density at radius 3 is 1.86 bits per heavy atom. The summed E-state index contributed by atoms with van der Waals surface area (Å²) in [5.41, 5.74) is 2.68. The summed E-state index contributed by atoms with van der Waals surface area (Å²) < 4.78 is 22.3. The smallest absolute Gasteiger partial charge is 0.238 e. The first-order chi connectivity index (χ1) is 9.99. The lowest BCUT2D eigenvalue weighted by atomic mass is 10.1. The minimum atomic E-state index is -3.64. The fourth-order valence-electron chi connectivity index (χ4n) is 1.85. The molecular weight excluding hydrogens is 286 g/mol. The van der Waals surface area contributed by atoms with Crippen LogP contribution >= 0.6 is 0 Å². The summed E-state index contributed by atoms with van der Waals surface area (Å²) in [6.07, 6.45) is 0. The summed E-state index contributed by atoms with van der Waals surface area (Å²) in [6, 6.07) is 15.9. The maximum atomic E-state index is 11.1. The fraction of sp³-hybridized carbons (Fsp3) is 0.133. The zero-order valence-electron chi connectivity index (χ0n) is 11.3. The number of benzene rings is 2. The van der Waals surface area contributed by atoms with Crippen LogP contribution < -0.4 is 10.5 Å². The number of rotatable bonds is 5. The van der Waals surface area contributed by atoms with Crippen molar-refractivity contribution in [3.05, 3.63) is 65.2 Å². The molecule has 0 spiro atoms. The quantitative estimate of drug-likeness (QED) is 0.874. The third kappa shape index (κ3) is 4.39. The highest BCUT2D eigenvalue weighted by Crippen LogP contribution is 2.09. The van der Waals surface area contributed by atoms with E-state index in [2.05, 4.69) is 11.4 Å². The van der Waals surface area contributed by atoms with Crippen LogP contribution in [0, 0.1) is 11.3 Å². The first-order valence-corrected chi connectivity index (χ1v) is 7.85. The third-order valence-electron chi connectivity index (χ3n) is 2.99. The fourth-order valence-corrected chi connectivity index (χ4v) is 2.36. The van der Waals surface area contributed by atoms with Crippen LogP contribution in [0.2, 0.25) is 0 Å². The molecule has 0 aliphatic carbocycles. The van der Waals surface area contributed by atoms with Crippen LogP contribution in [0.5, 0.6) is 0 Å². The number of nitriles is 1. The van der Waals surface area contributed by atoms with Gasteiger partial charge in [-0.15, -0.1) is 0 Å². The van der Waals surface area contributed by atoms with Crippen LogP contribution in [-0.4, -0.2) is 8.42 Å². The van der Waals surface area contributed by atoms with Crippen molar-refractivity contribution < 1.29 is 8.42 Å². The molecule has 0 aliphatic heterocycles. The first-order valence-electron chi connectivity index (χ1n) is 6.30. The number of nitrogens with zero attached hydrogens (tertiary/aromatic N) is 1. The van der Waals surface area contributed by atoms with Crippen LogP contribution in [-0.2, 0) is 23.1 Å². The van der Waals surface area contributed by atoms with E-state index in [1.165, 1.54) is 12.1 Å². The maximum Gasteiger partial charge on any atom is 0.238 e. The van der Waals surface area contributed by atoms with Gasteiger partial charge in [-0.2, -0.15) is 5.26 Å². The molecule has 0 saturated heterocycles. The van der Waals surface area contributed by atoms with Gasteiger partial charge in [0.2, 0.25) is 10.0 Å². The summed E-state index contributed by atoms with van der Waals surface area (Å²) in [7, 11) is -3.64. The van der Waals surface area contributed by atoms with Crippen LogP contribution in [0.15, 0.2) is 53.4 Å². The van der Waals surface area contributed by atoms with Gasteiger partial charge in [0, 0.05) is 13.1 Å². The number of sulfonamides is 1. The standard InChI is InChI=1S/C15H15N3O2S/c16-9-12-1-3-13(4-2-12)10-18-11-14-5-7-15(8-6-14)21(17,19)20/h1-8,18H,10-11H2,(H2,17,19,20). The van der Waals surface area contributed by atoms with Gasteiger partial charge < -0.3 is 5.32 Å². The normalized spacial score (nSPS) is 11.0. The summed E-state index contributed by atoms with van der Waals surface area (Å²) in [5.74, 6) is 0. The topological polar surface area (TPSA) is 96.0 Å². The van der Waals surface area contributed by atoms with E-state index in [-0.39, 0.29) is 4.90 Å². The van der Waals surface area contributed by atoms with Crippen molar-refractivity contribution >= 4 is 10.0 Å². The number of nitrogens with two attached hydrogens (primary N) is 1. The Hall–Kier alpha value is -2.20. The Kier molecular flexibility index (Phi) is 4.70. The van der Waals surface area contributed by atoms with E-state index < -0.39 is 10.0 Å². The Morgan fingerprint density at radius 2 is 1.43 bits per heavy atom. The molecule has 108 valence electrons. The lowest BCUT2D eigenvalue weighted by Gasteiger charge is -2.06. The summed E-state index contributed by atoms with van der Waals surface area (Å²) in [5, 5.41) is 17.0. The van der Waals surface area contributed by atoms with Crippen LogP contribution in [0.4, 0.5) is 0 Å². The number of hydrogen-bond donors (Lipinski definition) is 2. The van der Waals surface area contributed by atoms with E-state index in [0.29, 0.717) is 18.7 Å². The summed E-state index contributed by atoms with van der Waals surface area (Å²) in [6.45, 7) is 1.29. The minimum absolute atomic E-state index is 0.110. The number of hydrogen-bond acceptors (Lipinski definition) is 4. The van der Waals surface area contributed by atoms with Crippen molar-refractivity contribution in [2.75, 3.05) is 0 Å². The van der Waals surface area contributed by atoms with Gasteiger partial charge in [0.15, 0.2) is 0 Å². The van der Waals surface area contributed by atoms with E-state index in [1.54, 1.807) is 24.3 Å². The average Bonchev–Trinajstić information content (AvgIpc) is 2.47. The van der Waals surface area contributed by atoms with Crippen molar-refractivity contribution in [3.8, 4) is 6.07 Å². The van der Waals surface area contributed by atoms with E-state index in [0.717, 1.165) is 11.1 Å². The average molecular weight is 301 g/mol. The third-order valence-corrected chi connectivity index (χ3v) is 3.92. The highest BCUT2D eigenvalue weighted by molar-refractivity contribution is 7.89. The molecule has 0 atom stereocenters. The van der Waals surface area contributed by atoms with Gasteiger partial charge in [0.05, 0.1) is 16.5 Å². The molecule has 3 N–H and O–H groups in total. The van der Waals surface area contributed by atoms with Gasteiger partial charge in [-0.1, -0.05) is 24.3 Å². The molecule has 0 unspecified atom stereocenters. The second-order valence-corrected chi connectivity index (χ2v) is 6.16. The highest BCUT2D eigenvalue weighted by Gasteiger charge is 2.06. The maximum absolute atomic E-state index is 11.1. The predicted octanol–water partition coefficient (Wildman–Crippen LogP) is 1.50. The first kappa shape index (κ1) is 15.2. The second kappa shape index (κ2) is 6.50. The number of primary sulfonamides is 1. The van der Waals surface area contributed by atoms with Gasteiger partial charge in [-0.25, -0.2) is 13.6 Å². The van der Waals surface area contributed by atoms with Crippen molar-refractivity contribution in [1.82, 2.24) is 5.32 Å². The van der Waals surface area contributed by atoms with Gasteiger partial charge in [0.1, 0.15) is 0 Å². The molecule has 0 amide bonds. The van der Waals surface area contributed by atoms with Crippen LogP contribution in [0.25, 0.3) is 0 Å². The summed E-state index contributed by atoms with van der Waals surface area (Å²) in [4.78, 5) is 0.110. The molecule has 0 aliphatic rings. The molecule has 0 aromatic heterocycles. The Labute approximate surface area is 124 Å². The molecular formula is C15H15N3O2S. The zero-order valence-corrected chi connectivity index (χ0v) is 12.1. The monoisotopic (exact) mass is 301 g/mol. The molecule has 2 rings (SSSR count). The molecule has 2 aromatic carbocycles. The molecule has 21 heavy (non-hydrogen) atoms. The zero-order chi connectivity index (χ0) is 15.3. The van der Waals surface area contributed by atoms with E-state index in [1.807, 2.05) is 12.1 Å². The molecule has 6 heteroatoms. The summed E-state index contributed by atoms with van der Waals surface area (Å²) >= 11 is 0. The van der Waals surface area contributed by atoms with Crippen molar-refractivity contribution in [3.63, 3.8) is 0 Å². The molecule has 0 bridgehead atoms. The minimum Gasteiger partial charge on any atom is -0.309 e. The Balaban J connectivity index is 1.90. The van der Waals surface area contributed by atoms with E-state index >= 15 is 0 Å². The lowest BCUT2D eigenvalue weighted by molar-refractivity contribution is 0.597. The largest absolute Gasteiger partial charge is 0.309 e. The van der Waals surface area contributed by atoms with Crippen molar-refractivity contribution in [2.24, 2.45) is 5.14 Å². The highest BCUT2D eigenvalue weighted by atomic mass is 32.2. The van der Waals surface area contributed by atoms with Crippen molar-refractivity contribution in [2.45, 2.75) is 18.0 Å². The molecule has 0 fully saturated rings. The molecule has 0 saturated carbocycles. The van der Waals surface area contributed by atoms with Gasteiger partial charge in [0.25, 0.3) is 0 Å². The number of nitrogens with one attached hydrogen (secondary N) is 1. The van der Waals surface area contributed by atoms with Crippen LogP contribution in [0.3, 0.4) is 0 Å². The Bertz CT molecular complexity index is 745. The molecule has 2 aromatic rings. The second-order valence-electron chi connectivity index (χ2n) is 4.60. The van der Waals surface area contributed by atoms with Crippen molar-refractivity contribution in [1.29, 1.82) is 5.26 Å². The molecule has 0 radical (unpaired) electrons. The molecule has 5 nitrogen and oxygen atoms in total.